The summed E-state index contributed by atoms with van der Waals surface area (Å²) in [5, 5.41) is 8.97. The summed E-state index contributed by atoms with van der Waals surface area (Å²) in [5.74, 6) is 0.150. The molecular formula is C7H15NOS. The number of aliphatic hydroxyl groups is 1. The minimum Gasteiger partial charge on any atom is -0.502 e. The van der Waals surface area contributed by atoms with E-state index in [0.29, 0.717) is 0 Å². The zero-order valence-corrected chi connectivity index (χ0v) is 7.61. The number of thiocarbonyl (C=S) groups is 1. The first-order valence-corrected chi connectivity index (χ1v) is 3.82. The lowest BCUT2D eigenvalue weighted by Gasteiger charge is -2.12. The summed E-state index contributed by atoms with van der Waals surface area (Å²) in [6, 6.07) is 0. The van der Waals surface area contributed by atoms with Gasteiger partial charge in [-0.3, -0.25) is 0 Å². The first-order valence-electron chi connectivity index (χ1n) is 3.41. The maximum atomic E-state index is 8.85. The normalized spacial score (nSPS) is 13.6. The molecule has 0 rings (SSSR count). The Kier molecular flexibility index (Phi) is 4.56. The second kappa shape index (κ2) is 4.63. The molecule has 0 aliphatic heterocycles. The SMILES string of the molecule is CC(CCN(C)C)C(O)=S. The van der Waals surface area contributed by atoms with E-state index in [1.807, 2.05) is 21.0 Å². The largest absolute Gasteiger partial charge is 0.502 e. The van der Waals surface area contributed by atoms with Crippen LogP contribution >= 0.6 is 12.2 Å². The van der Waals surface area contributed by atoms with Crippen LogP contribution in [-0.4, -0.2) is 35.7 Å². The van der Waals surface area contributed by atoms with Gasteiger partial charge in [0.2, 0.25) is 0 Å². The molecule has 0 aliphatic rings. The van der Waals surface area contributed by atoms with Crippen LogP contribution < -0.4 is 0 Å². The van der Waals surface area contributed by atoms with E-state index in [2.05, 4.69) is 17.1 Å². The summed E-state index contributed by atoms with van der Waals surface area (Å²) in [5.41, 5.74) is 0. The molecule has 0 saturated carbocycles. The first kappa shape index (κ1) is 9.85. The molecule has 1 unspecified atom stereocenters. The molecule has 0 saturated heterocycles. The van der Waals surface area contributed by atoms with E-state index in [4.69, 9.17) is 5.11 Å². The van der Waals surface area contributed by atoms with Gasteiger partial charge in [0.25, 0.3) is 0 Å². The highest BCUT2D eigenvalue weighted by molar-refractivity contribution is 7.80. The number of aliphatic hydroxyl groups excluding tert-OH is 1. The average molecular weight is 161 g/mol. The van der Waals surface area contributed by atoms with Gasteiger partial charge in [0, 0.05) is 5.92 Å². The van der Waals surface area contributed by atoms with Crippen molar-refractivity contribution >= 4 is 17.3 Å². The van der Waals surface area contributed by atoms with Crippen LogP contribution in [0, 0.1) is 5.92 Å². The van der Waals surface area contributed by atoms with Gasteiger partial charge in [-0.05, 0) is 39.3 Å². The van der Waals surface area contributed by atoms with Crippen LogP contribution in [-0.2, 0) is 0 Å². The molecule has 1 atom stereocenters. The van der Waals surface area contributed by atoms with Gasteiger partial charge in [0.1, 0.15) is 0 Å². The van der Waals surface area contributed by atoms with Gasteiger partial charge in [-0.15, -0.1) is 0 Å². The molecule has 60 valence electrons. The molecule has 0 aromatic carbocycles. The highest BCUT2D eigenvalue weighted by Gasteiger charge is 2.05. The van der Waals surface area contributed by atoms with Gasteiger partial charge in [-0.25, -0.2) is 0 Å². The van der Waals surface area contributed by atoms with Gasteiger partial charge in [-0.1, -0.05) is 6.92 Å². The number of nitrogens with zero attached hydrogens (tertiary/aromatic N) is 1. The predicted octanol–water partition coefficient (Wildman–Crippen LogP) is 1.46. The van der Waals surface area contributed by atoms with Crippen LogP contribution in [0.1, 0.15) is 13.3 Å². The van der Waals surface area contributed by atoms with Crippen molar-refractivity contribution in [1.29, 1.82) is 0 Å². The molecule has 0 heterocycles. The lowest BCUT2D eigenvalue weighted by atomic mass is 10.1. The third-order valence-electron chi connectivity index (χ3n) is 1.43. The van der Waals surface area contributed by atoms with Gasteiger partial charge in [0.15, 0.2) is 5.05 Å². The molecule has 0 amide bonds. The molecule has 3 heteroatoms. The Morgan fingerprint density at radius 1 is 1.60 bits per heavy atom. The van der Waals surface area contributed by atoms with E-state index in [1.165, 1.54) is 0 Å². The topological polar surface area (TPSA) is 23.5 Å². The Balaban J connectivity index is 3.40. The van der Waals surface area contributed by atoms with Crippen LogP contribution in [0.2, 0.25) is 0 Å². The van der Waals surface area contributed by atoms with Gasteiger partial charge in [-0.2, -0.15) is 0 Å². The van der Waals surface area contributed by atoms with Crippen LogP contribution in [0.25, 0.3) is 0 Å². The van der Waals surface area contributed by atoms with Crippen molar-refractivity contribution in [2.24, 2.45) is 5.92 Å². The quantitative estimate of drug-likeness (QED) is 0.631. The van der Waals surface area contributed by atoms with Gasteiger partial charge < -0.3 is 10.0 Å². The molecule has 0 fully saturated rings. The molecule has 0 bridgehead atoms. The predicted molar refractivity (Wildman–Crippen MR) is 47.6 cm³/mol. The molecule has 0 aromatic heterocycles. The van der Waals surface area contributed by atoms with Gasteiger partial charge in [0.05, 0.1) is 0 Å². The fourth-order valence-corrected chi connectivity index (χ4v) is 0.693. The summed E-state index contributed by atoms with van der Waals surface area (Å²) >= 11 is 4.61. The summed E-state index contributed by atoms with van der Waals surface area (Å²) in [6.07, 6.45) is 0.933. The summed E-state index contributed by atoms with van der Waals surface area (Å²) in [6.45, 7) is 2.91. The molecule has 0 radical (unpaired) electrons. The number of hydrogen-bond donors (Lipinski definition) is 1. The molecule has 2 nitrogen and oxygen atoms in total. The Morgan fingerprint density at radius 3 is 2.40 bits per heavy atom. The third kappa shape index (κ3) is 4.70. The molecule has 1 N–H and O–H groups in total. The fraction of sp³-hybridized carbons (Fsp3) is 0.857. The highest BCUT2D eigenvalue weighted by atomic mass is 32.1. The molecule has 0 spiro atoms. The van der Waals surface area contributed by atoms with Crippen LogP contribution in [0.5, 0.6) is 0 Å². The number of rotatable bonds is 4. The van der Waals surface area contributed by atoms with E-state index in [9.17, 15) is 0 Å². The van der Waals surface area contributed by atoms with E-state index >= 15 is 0 Å². The van der Waals surface area contributed by atoms with E-state index in [1.54, 1.807) is 0 Å². The van der Waals surface area contributed by atoms with Gasteiger partial charge >= 0.3 is 0 Å². The zero-order chi connectivity index (χ0) is 8.15. The van der Waals surface area contributed by atoms with E-state index in [0.717, 1.165) is 13.0 Å². The van der Waals surface area contributed by atoms with Crippen molar-refractivity contribution in [2.45, 2.75) is 13.3 Å². The van der Waals surface area contributed by atoms with Crippen molar-refractivity contribution in [3.05, 3.63) is 0 Å². The molecule has 0 aliphatic carbocycles. The van der Waals surface area contributed by atoms with Crippen LogP contribution in [0.15, 0.2) is 0 Å². The smallest absolute Gasteiger partial charge is 0.159 e. The maximum Gasteiger partial charge on any atom is 0.159 e. The summed E-state index contributed by atoms with van der Waals surface area (Å²) in [4.78, 5) is 2.08. The summed E-state index contributed by atoms with van der Waals surface area (Å²) in [7, 11) is 4.01. The minimum atomic E-state index is 0.127. The van der Waals surface area contributed by atoms with E-state index in [-0.39, 0.29) is 11.0 Å². The van der Waals surface area contributed by atoms with Crippen molar-refractivity contribution in [3.8, 4) is 0 Å². The zero-order valence-electron chi connectivity index (χ0n) is 6.79. The first-order chi connectivity index (χ1) is 4.54. The highest BCUT2D eigenvalue weighted by Crippen LogP contribution is 2.02. The van der Waals surface area contributed by atoms with Crippen molar-refractivity contribution in [1.82, 2.24) is 4.90 Å². The molecular weight excluding hydrogens is 146 g/mol. The lowest BCUT2D eigenvalue weighted by molar-refractivity contribution is 0.373. The van der Waals surface area contributed by atoms with Crippen molar-refractivity contribution < 1.29 is 5.11 Å². The van der Waals surface area contributed by atoms with Crippen LogP contribution in [0.3, 0.4) is 0 Å². The maximum absolute atomic E-state index is 8.85. The van der Waals surface area contributed by atoms with E-state index < -0.39 is 0 Å². The molecule has 0 aromatic rings. The second-order valence-corrected chi connectivity index (χ2v) is 3.25. The fourth-order valence-electron chi connectivity index (χ4n) is 0.575. The second-order valence-electron chi connectivity index (χ2n) is 2.83. The van der Waals surface area contributed by atoms with Crippen LogP contribution in [0.4, 0.5) is 0 Å². The monoisotopic (exact) mass is 161 g/mol. The third-order valence-corrected chi connectivity index (χ3v) is 1.83. The Morgan fingerprint density at radius 2 is 2.10 bits per heavy atom. The summed E-state index contributed by atoms with van der Waals surface area (Å²) < 4.78 is 0. The Hall–Kier alpha value is -0.150. The Labute approximate surface area is 67.8 Å². The minimum absolute atomic E-state index is 0.127. The standard InChI is InChI=1S/C7H15NOS/c1-6(7(9)10)4-5-8(2)3/h6H,4-5H2,1-3H3,(H,9,10). The molecule has 10 heavy (non-hydrogen) atoms. The lowest BCUT2D eigenvalue weighted by Crippen LogP contribution is -2.18. The van der Waals surface area contributed by atoms with Crippen molar-refractivity contribution in [3.63, 3.8) is 0 Å². The van der Waals surface area contributed by atoms with Crippen molar-refractivity contribution in [2.75, 3.05) is 20.6 Å². The number of hydrogen-bond acceptors (Lipinski definition) is 2. The Bertz CT molecular complexity index is 114. The average Bonchev–Trinajstić information content (AvgIpc) is 1.82.